The van der Waals surface area contributed by atoms with Gasteiger partial charge in [0.25, 0.3) is 11.6 Å². The number of nitrogens with zero attached hydrogens (tertiary/aromatic N) is 6. The Morgan fingerprint density at radius 2 is 2.13 bits per heavy atom. The number of ether oxygens (including phenoxy) is 1. The second kappa shape index (κ2) is 7.78. The standard InChI is InChI=1S/C18H14FN7O5/c1-10-21-22-23-25(10)11-2-4-13(19)14(6-11)20-17(27)8-24-15-7-12(26(29)30)3-5-16(15)31-9-18(24)28/h2-7H,8-9H2,1H3,(H,20,27). The minimum Gasteiger partial charge on any atom is -0.482 e. The van der Waals surface area contributed by atoms with Crippen LogP contribution in [0.2, 0.25) is 0 Å². The van der Waals surface area contributed by atoms with Crippen LogP contribution in [0.5, 0.6) is 5.75 Å². The van der Waals surface area contributed by atoms with Crippen molar-refractivity contribution in [2.75, 3.05) is 23.4 Å². The number of hydrogen-bond donors (Lipinski definition) is 1. The maximum absolute atomic E-state index is 14.3. The van der Waals surface area contributed by atoms with Crippen LogP contribution in [-0.2, 0) is 9.59 Å². The number of tetrazole rings is 1. The molecular formula is C18H14FN7O5. The summed E-state index contributed by atoms with van der Waals surface area (Å²) < 4.78 is 20.9. The van der Waals surface area contributed by atoms with Gasteiger partial charge in [-0.25, -0.2) is 4.39 Å². The fraction of sp³-hybridized carbons (Fsp3) is 0.167. The van der Waals surface area contributed by atoms with E-state index in [0.29, 0.717) is 11.5 Å². The fourth-order valence-corrected chi connectivity index (χ4v) is 3.02. The number of carbonyl (C=O) groups excluding carboxylic acids is 2. The molecule has 0 aliphatic carbocycles. The Hall–Kier alpha value is -4.42. The zero-order chi connectivity index (χ0) is 22.1. The second-order valence-electron chi connectivity index (χ2n) is 6.53. The molecule has 0 fully saturated rings. The van der Waals surface area contributed by atoms with Crippen LogP contribution in [0.15, 0.2) is 36.4 Å². The van der Waals surface area contributed by atoms with E-state index < -0.39 is 29.1 Å². The topological polar surface area (TPSA) is 145 Å². The molecule has 3 aromatic rings. The summed E-state index contributed by atoms with van der Waals surface area (Å²) in [5.41, 5.74) is 0.0946. The van der Waals surface area contributed by atoms with Gasteiger partial charge in [-0.05, 0) is 41.6 Å². The van der Waals surface area contributed by atoms with Crippen molar-refractivity contribution < 1.29 is 23.6 Å². The lowest BCUT2D eigenvalue weighted by atomic mass is 10.2. The van der Waals surface area contributed by atoms with Crippen LogP contribution in [0.25, 0.3) is 5.69 Å². The monoisotopic (exact) mass is 427 g/mol. The predicted octanol–water partition coefficient (Wildman–Crippen LogP) is 1.38. The molecule has 158 valence electrons. The average molecular weight is 427 g/mol. The third kappa shape index (κ3) is 3.88. The van der Waals surface area contributed by atoms with E-state index in [9.17, 15) is 24.1 Å². The number of aryl methyl sites for hydroxylation is 1. The van der Waals surface area contributed by atoms with Crippen LogP contribution < -0.4 is 15.0 Å². The van der Waals surface area contributed by atoms with Gasteiger partial charge < -0.3 is 10.1 Å². The van der Waals surface area contributed by atoms with E-state index in [4.69, 9.17) is 4.74 Å². The van der Waals surface area contributed by atoms with E-state index in [0.717, 1.165) is 17.0 Å². The molecular weight excluding hydrogens is 413 g/mol. The van der Waals surface area contributed by atoms with Crippen molar-refractivity contribution in [3.05, 3.63) is 58.2 Å². The summed E-state index contributed by atoms with van der Waals surface area (Å²) >= 11 is 0. The quantitative estimate of drug-likeness (QED) is 0.475. The SMILES string of the molecule is Cc1nnnn1-c1ccc(F)c(NC(=O)CN2C(=O)COc3ccc([N+](=O)[O-])cc32)c1. The highest BCUT2D eigenvalue weighted by atomic mass is 19.1. The zero-order valence-corrected chi connectivity index (χ0v) is 16.0. The Balaban J connectivity index is 1.57. The van der Waals surface area contributed by atoms with Gasteiger partial charge in [0.15, 0.2) is 12.4 Å². The smallest absolute Gasteiger partial charge is 0.271 e. The molecule has 2 heterocycles. The summed E-state index contributed by atoms with van der Waals surface area (Å²) in [6.45, 7) is 0.826. The first-order valence-electron chi connectivity index (χ1n) is 8.90. The number of benzene rings is 2. The molecule has 2 aromatic carbocycles. The Morgan fingerprint density at radius 3 is 2.84 bits per heavy atom. The summed E-state index contributed by atoms with van der Waals surface area (Å²) in [5, 5.41) is 24.5. The number of nitro groups is 1. The molecule has 0 spiro atoms. The normalized spacial score (nSPS) is 12.8. The molecule has 1 aliphatic heterocycles. The lowest BCUT2D eigenvalue weighted by Crippen LogP contribution is -2.43. The van der Waals surface area contributed by atoms with E-state index >= 15 is 0 Å². The van der Waals surface area contributed by atoms with E-state index in [1.807, 2.05) is 0 Å². The number of halogens is 1. The van der Waals surface area contributed by atoms with Crippen LogP contribution in [0.1, 0.15) is 5.82 Å². The van der Waals surface area contributed by atoms with Crippen molar-refractivity contribution in [1.29, 1.82) is 0 Å². The minimum absolute atomic E-state index is 0.0825. The van der Waals surface area contributed by atoms with E-state index in [1.54, 1.807) is 6.92 Å². The molecule has 0 unspecified atom stereocenters. The molecule has 1 aliphatic rings. The number of rotatable bonds is 5. The lowest BCUT2D eigenvalue weighted by Gasteiger charge is -2.28. The number of fused-ring (bicyclic) bond motifs is 1. The van der Waals surface area contributed by atoms with Gasteiger partial charge in [-0.3, -0.25) is 24.6 Å². The van der Waals surface area contributed by atoms with Crippen LogP contribution in [-0.4, -0.2) is 50.1 Å². The maximum atomic E-state index is 14.3. The molecule has 0 atom stereocenters. The zero-order valence-electron chi connectivity index (χ0n) is 16.0. The van der Waals surface area contributed by atoms with Crippen molar-refractivity contribution in [2.45, 2.75) is 6.92 Å². The lowest BCUT2D eigenvalue weighted by molar-refractivity contribution is -0.384. The summed E-state index contributed by atoms with van der Waals surface area (Å²) in [4.78, 5) is 36.3. The number of amides is 2. The van der Waals surface area contributed by atoms with Crippen molar-refractivity contribution in [3.8, 4) is 11.4 Å². The molecule has 2 amide bonds. The molecule has 1 aromatic heterocycles. The fourth-order valence-electron chi connectivity index (χ4n) is 3.02. The maximum Gasteiger partial charge on any atom is 0.271 e. The Morgan fingerprint density at radius 1 is 1.32 bits per heavy atom. The van der Waals surface area contributed by atoms with Crippen LogP contribution >= 0.6 is 0 Å². The van der Waals surface area contributed by atoms with Gasteiger partial charge in [0, 0.05) is 12.1 Å². The minimum atomic E-state index is -0.711. The summed E-state index contributed by atoms with van der Waals surface area (Å²) in [6, 6.07) is 7.65. The molecule has 12 nitrogen and oxygen atoms in total. The van der Waals surface area contributed by atoms with E-state index in [2.05, 4.69) is 20.8 Å². The van der Waals surface area contributed by atoms with Gasteiger partial charge in [-0.2, -0.15) is 4.68 Å². The van der Waals surface area contributed by atoms with Crippen molar-refractivity contribution >= 4 is 28.9 Å². The van der Waals surface area contributed by atoms with Gasteiger partial charge in [-0.15, -0.1) is 5.10 Å². The first-order valence-corrected chi connectivity index (χ1v) is 8.90. The number of nitrogens with one attached hydrogen (secondary N) is 1. The third-order valence-electron chi connectivity index (χ3n) is 4.49. The van der Waals surface area contributed by atoms with Gasteiger partial charge >= 0.3 is 0 Å². The second-order valence-corrected chi connectivity index (χ2v) is 6.53. The van der Waals surface area contributed by atoms with Crippen molar-refractivity contribution in [2.24, 2.45) is 0 Å². The van der Waals surface area contributed by atoms with Gasteiger partial charge in [-0.1, -0.05) is 0 Å². The summed E-state index contributed by atoms with van der Waals surface area (Å²) in [7, 11) is 0. The number of carbonyl (C=O) groups is 2. The molecule has 0 saturated carbocycles. The molecule has 0 saturated heterocycles. The number of non-ortho nitro benzene ring substituents is 1. The molecule has 13 heteroatoms. The van der Waals surface area contributed by atoms with E-state index in [1.165, 1.54) is 28.9 Å². The number of aromatic nitrogens is 4. The Kier molecular flexibility index (Phi) is 4.99. The molecule has 0 bridgehead atoms. The number of nitro benzene ring substituents is 1. The van der Waals surface area contributed by atoms with E-state index in [-0.39, 0.29) is 29.4 Å². The van der Waals surface area contributed by atoms with Crippen LogP contribution in [0.3, 0.4) is 0 Å². The van der Waals surface area contributed by atoms with Crippen molar-refractivity contribution in [3.63, 3.8) is 0 Å². The molecule has 1 N–H and O–H groups in total. The van der Waals surface area contributed by atoms with Gasteiger partial charge in [0.05, 0.1) is 22.0 Å². The third-order valence-corrected chi connectivity index (χ3v) is 4.49. The highest BCUT2D eigenvalue weighted by Crippen LogP contribution is 2.35. The Bertz CT molecular complexity index is 1210. The number of hydrogen-bond acceptors (Lipinski definition) is 8. The summed E-state index contributed by atoms with van der Waals surface area (Å²) in [5.74, 6) is -1.30. The molecule has 31 heavy (non-hydrogen) atoms. The summed E-state index contributed by atoms with van der Waals surface area (Å²) in [6.07, 6.45) is 0. The first kappa shape index (κ1) is 19.9. The number of anilines is 2. The largest absolute Gasteiger partial charge is 0.482 e. The van der Waals surface area contributed by atoms with Crippen molar-refractivity contribution in [1.82, 2.24) is 20.2 Å². The van der Waals surface area contributed by atoms with Crippen LogP contribution in [0.4, 0.5) is 21.5 Å². The van der Waals surface area contributed by atoms with Gasteiger partial charge in [0.2, 0.25) is 5.91 Å². The van der Waals surface area contributed by atoms with Crippen LogP contribution in [0, 0.1) is 22.9 Å². The van der Waals surface area contributed by atoms with Gasteiger partial charge in [0.1, 0.15) is 18.1 Å². The average Bonchev–Trinajstić information content (AvgIpc) is 3.17. The molecule has 4 rings (SSSR count). The predicted molar refractivity (Wildman–Crippen MR) is 103 cm³/mol. The first-order chi connectivity index (χ1) is 14.8. The highest BCUT2D eigenvalue weighted by Gasteiger charge is 2.29. The molecule has 0 radical (unpaired) electrons. The Labute approximate surface area is 173 Å². The highest BCUT2D eigenvalue weighted by molar-refractivity contribution is 6.05.